The summed E-state index contributed by atoms with van der Waals surface area (Å²) in [6, 6.07) is 6.37. The lowest BCUT2D eigenvalue weighted by molar-refractivity contribution is -0.0362. The van der Waals surface area contributed by atoms with Gasteiger partial charge in [0.2, 0.25) is 0 Å². The van der Waals surface area contributed by atoms with Gasteiger partial charge in [0.1, 0.15) is 0 Å². The van der Waals surface area contributed by atoms with Crippen LogP contribution in [0, 0.1) is 6.92 Å². The van der Waals surface area contributed by atoms with Crippen LogP contribution in [0.3, 0.4) is 0 Å². The number of fused-ring (bicyclic) bond motifs is 1. The van der Waals surface area contributed by atoms with Gasteiger partial charge in [-0.15, -0.1) is 10.2 Å². The Hall–Kier alpha value is -1.99. The summed E-state index contributed by atoms with van der Waals surface area (Å²) < 4.78 is 7.62. The SMILES string of the molecule is Cc1ccn(-c2ccc(N3CC4OCCN(C)C4C3)nn2)n1. The first-order chi connectivity index (χ1) is 10.7. The molecule has 2 aromatic rings. The molecule has 0 N–H and O–H groups in total. The minimum Gasteiger partial charge on any atom is -0.373 e. The molecule has 2 aliphatic rings. The van der Waals surface area contributed by atoms with E-state index in [0.717, 1.165) is 43.6 Å². The molecule has 0 amide bonds. The van der Waals surface area contributed by atoms with E-state index >= 15 is 0 Å². The zero-order chi connectivity index (χ0) is 15.1. The number of hydrogen-bond donors (Lipinski definition) is 0. The molecule has 0 aromatic carbocycles. The Morgan fingerprint density at radius 2 is 1.95 bits per heavy atom. The van der Waals surface area contributed by atoms with Gasteiger partial charge in [-0.05, 0) is 32.2 Å². The van der Waals surface area contributed by atoms with Gasteiger partial charge in [0, 0.05) is 25.8 Å². The molecular weight excluding hydrogens is 280 g/mol. The number of anilines is 1. The van der Waals surface area contributed by atoms with Gasteiger partial charge in [0.05, 0.1) is 24.4 Å². The Labute approximate surface area is 129 Å². The van der Waals surface area contributed by atoms with Crippen LogP contribution in [0.5, 0.6) is 0 Å². The molecule has 2 atom stereocenters. The molecule has 2 unspecified atom stereocenters. The molecule has 4 rings (SSSR count). The molecule has 2 saturated heterocycles. The topological polar surface area (TPSA) is 59.3 Å². The molecule has 0 bridgehead atoms. The van der Waals surface area contributed by atoms with Crippen LogP contribution in [-0.2, 0) is 4.74 Å². The quantitative estimate of drug-likeness (QED) is 0.804. The molecule has 2 aromatic heterocycles. The van der Waals surface area contributed by atoms with Crippen LogP contribution in [0.15, 0.2) is 24.4 Å². The fourth-order valence-corrected chi connectivity index (χ4v) is 3.20. The zero-order valence-electron chi connectivity index (χ0n) is 12.9. The first-order valence-electron chi connectivity index (χ1n) is 7.64. The van der Waals surface area contributed by atoms with Gasteiger partial charge in [-0.25, -0.2) is 4.68 Å². The Kier molecular flexibility index (Phi) is 3.31. The minimum absolute atomic E-state index is 0.272. The lowest BCUT2D eigenvalue weighted by Crippen LogP contribution is -2.48. The first kappa shape index (κ1) is 13.7. The van der Waals surface area contributed by atoms with Crippen molar-refractivity contribution >= 4 is 5.82 Å². The third kappa shape index (κ3) is 2.36. The third-order valence-corrected chi connectivity index (χ3v) is 4.50. The van der Waals surface area contributed by atoms with Crippen molar-refractivity contribution in [3.05, 3.63) is 30.1 Å². The summed E-state index contributed by atoms with van der Waals surface area (Å²) in [4.78, 5) is 4.63. The van der Waals surface area contributed by atoms with Gasteiger partial charge in [-0.2, -0.15) is 5.10 Å². The maximum atomic E-state index is 5.87. The second-order valence-electron chi connectivity index (χ2n) is 6.01. The molecular formula is C15H20N6O. The highest BCUT2D eigenvalue weighted by Gasteiger charge is 2.39. The molecule has 7 nitrogen and oxygen atoms in total. The van der Waals surface area contributed by atoms with Crippen LogP contribution >= 0.6 is 0 Å². The number of ether oxygens (including phenoxy) is 1. The van der Waals surface area contributed by atoms with Gasteiger partial charge >= 0.3 is 0 Å². The average molecular weight is 300 g/mol. The zero-order valence-corrected chi connectivity index (χ0v) is 12.9. The standard InChI is InChI=1S/C15H20N6O/c1-11-5-6-21(18-11)15-4-3-14(16-17-15)20-9-12-13(10-20)22-8-7-19(12)2/h3-6,12-13H,7-10H2,1-2H3. The summed E-state index contributed by atoms with van der Waals surface area (Å²) in [5, 5.41) is 13.0. The fourth-order valence-electron chi connectivity index (χ4n) is 3.20. The smallest absolute Gasteiger partial charge is 0.175 e. The van der Waals surface area contributed by atoms with Gasteiger partial charge in [-0.1, -0.05) is 0 Å². The molecule has 0 radical (unpaired) electrons. The Morgan fingerprint density at radius 3 is 2.64 bits per heavy atom. The molecule has 2 fully saturated rings. The van der Waals surface area contributed by atoms with Crippen molar-refractivity contribution in [2.45, 2.75) is 19.1 Å². The summed E-state index contributed by atoms with van der Waals surface area (Å²) in [5.41, 5.74) is 0.967. The van der Waals surface area contributed by atoms with E-state index in [0.29, 0.717) is 6.04 Å². The van der Waals surface area contributed by atoms with E-state index in [9.17, 15) is 0 Å². The molecule has 4 heterocycles. The maximum Gasteiger partial charge on any atom is 0.175 e. The highest BCUT2D eigenvalue weighted by Crippen LogP contribution is 2.25. The van der Waals surface area contributed by atoms with Crippen LogP contribution in [0.25, 0.3) is 5.82 Å². The van der Waals surface area contributed by atoms with E-state index in [-0.39, 0.29) is 6.10 Å². The van der Waals surface area contributed by atoms with E-state index < -0.39 is 0 Å². The van der Waals surface area contributed by atoms with Crippen LogP contribution in [0.4, 0.5) is 5.82 Å². The predicted molar refractivity (Wildman–Crippen MR) is 82.3 cm³/mol. The third-order valence-electron chi connectivity index (χ3n) is 4.50. The van der Waals surface area contributed by atoms with Crippen molar-refractivity contribution in [2.75, 3.05) is 38.2 Å². The normalized spacial score (nSPS) is 25.5. The molecule has 2 aliphatic heterocycles. The molecule has 7 heteroatoms. The predicted octanol–water partition coefficient (Wildman–Crippen LogP) is 0.490. The van der Waals surface area contributed by atoms with E-state index in [1.807, 2.05) is 31.3 Å². The van der Waals surface area contributed by atoms with Crippen LogP contribution in [0.1, 0.15) is 5.69 Å². The Morgan fingerprint density at radius 1 is 1.14 bits per heavy atom. The van der Waals surface area contributed by atoms with Crippen molar-refractivity contribution < 1.29 is 4.74 Å². The summed E-state index contributed by atoms with van der Waals surface area (Å²) in [5.74, 6) is 1.64. The Balaban J connectivity index is 1.52. The van der Waals surface area contributed by atoms with Crippen LogP contribution < -0.4 is 4.90 Å². The van der Waals surface area contributed by atoms with E-state index in [1.165, 1.54) is 0 Å². The molecule has 0 spiro atoms. The number of likely N-dealkylation sites (N-methyl/N-ethyl adjacent to an activating group) is 1. The minimum atomic E-state index is 0.272. The lowest BCUT2D eigenvalue weighted by atomic mass is 10.1. The number of morpholine rings is 1. The highest BCUT2D eigenvalue weighted by atomic mass is 16.5. The number of hydrogen-bond acceptors (Lipinski definition) is 6. The number of rotatable bonds is 2. The van der Waals surface area contributed by atoms with Gasteiger partial charge in [0.25, 0.3) is 0 Å². The first-order valence-corrected chi connectivity index (χ1v) is 7.64. The van der Waals surface area contributed by atoms with Crippen LogP contribution in [0.2, 0.25) is 0 Å². The van der Waals surface area contributed by atoms with Crippen molar-refractivity contribution in [3.8, 4) is 5.82 Å². The average Bonchev–Trinajstić information content (AvgIpc) is 3.15. The number of nitrogens with zero attached hydrogens (tertiary/aromatic N) is 6. The second kappa shape index (κ2) is 5.33. The molecule has 116 valence electrons. The lowest BCUT2D eigenvalue weighted by Gasteiger charge is -2.33. The summed E-state index contributed by atoms with van der Waals surface area (Å²) >= 11 is 0. The molecule has 0 aliphatic carbocycles. The van der Waals surface area contributed by atoms with Crippen molar-refractivity contribution in [1.82, 2.24) is 24.9 Å². The van der Waals surface area contributed by atoms with E-state index in [4.69, 9.17) is 4.74 Å². The Bertz CT molecular complexity index is 654. The second-order valence-corrected chi connectivity index (χ2v) is 6.01. The fraction of sp³-hybridized carbons (Fsp3) is 0.533. The number of aromatic nitrogens is 4. The maximum absolute atomic E-state index is 5.87. The van der Waals surface area contributed by atoms with Gasteiger partial charge in [0.15, 0.2) is 11.6 Å². The van der Waals surface area contributed by atoms with E-state index in [2.05, 4.69) is 32.1 Å². The van der Waals surface area contributed by atoms with Crippen molar-refractivity contribution in [3.63, 3.8) is 0 Å². The van der Waals surface area contributed by atoms with E-state index in [1.54, 1.807) is 4.68 Å². The summed E-state index contributed by atoms with van der Waals surface area (Å²) in [6.07, 6.45) is 2.17. The highest BCUT2D eigenvalue weighted by molar-refractivity contribution is 5.42. The summed E-state index contributed by atoms with van der Waals surface area (Å²) in [7, 11) is 2.17. The molecule has 0 saturated carbocycles. The van der Waals surface area contributed by atoms with Gasteiger partial charge in [-0.3, -0.25) is 4.90 Å². The van der Waals surface area contributed by atoms with Crippen molar-refractivity contribution in [2.24, 2.45) is 0 Å². The summed E-state index contributed by atoms with van der Waals surface area (Å²) in [6.45, 7) is 5.59. The monoisotopic (exact) mass is 300 g/mol. The van der Waals surface area contributed by atoms with Crippen LogP contribution in [-0.4, -0.2) is 70.3 Å². The number of aryl methyl sites for hydroxylation is 1. The largest absolute Gasteiger partial charge is 0.373 e. The van der Waals surface area contributed by atoms with Crippen molar-refractivity contribution in [1.29, 1.82) is 0 Å². The molecule has 22 heavy (non-hydrogen) atoms. The van der Waals surface area contributed by atoms with Gasteiger partial charge < -0.3 is 9.64 Å².